The van der Waals surface area contributed by atoms with Crippen molar-refractivity contribution in [3.63, 3.8) is 0 Å². The number of nitrogens with zero attached hydrogens (tertiary/aromatic N) is 1. The maximum atomic E-state index is 11.7. The Bertz CT molecular complexity index is 403. The molecule has 0 radical (unpaired) electrons. The van der Waals surface area contributed by atoms with Crippen LogP contribution in [0.1, 0.15) is 30.3 Å². The van der Waals surface area contributed by atoms with Crippen molar-refractivity contribution in [2.45, 2.75) is 19.8 Å². The van der Waals surface area contributed by atoms with Crippen LogP contribution in [-0.4, -0.2) is 30.5 Å². The highest BCUT2D eigenvalue weighted by Gasteiger charge is 2.11. The van der Waals surface area contributed by atoms with E-state index in [0.29, 0.717) is 18.2 Å². The van der Waals surface area contributed by atoms with Gasteiger partial charge in [0.25, 0.3) is 0 Å². The third-order valence-corrected chi connectivity index (χ3v) is 2.08. The number of carbonyl (C=O) groups is 2. The van der Waals surface area contributed by atoms with Crippen molar-refractivity contribution >= 4 is 11.8 Å². The molecule has 0 bridgehead atoms. The zero-order chi connectivity index (χ0) is 12.7. The van der Waals surface area contributed by atoms with Crippen molar-refractivity contribution in [2.24, 2.45) is 0 Å². The third-order valence-electron chi connectivity index (χ3n) is 2.08. The molecule has 0 spiro atoms. The Morgan fingerprint density at radius 1 is 1.29 bits per heavy atom. The minimum Gasteiger partial charge on any atom is -0.481 e. The minimum absolute atomic E-state index is 0.0750. The van der Waals surface area contributed by atoms with E-state index in [4.69, 9.17) is 9.47 Å². The summed E-state index contributed by atoms with van der Waals surface area (Å²) in [5.74, 6) is -0.187. The molecule has 5 heteroatoms. The number of pyridine rings is 1. The van der Waals surface area contributed by atoms with Gasteiger partial charge in [0.1, 0.15) is 5.69 Å². The van der Waals surface area contributed by atoms with Crippen LogP contribution in [-0.2, 0) is 9.53 Å². The summed E-state index contributed by atoms with van der Waals surface area (Å²) in [6.45, 7) is 2.05. The summed E-state index contributed by atoms with van der Waals surface area (Å²) in [7, 11) is 1.48. The quantitative estimate of drug-likeness (QED) is 0.555. The lowest BCUT2D eigenvalue weighted by Gasteiger charge is -2.03. The van der Waals surface area contributed by atoms with E-state index < -0.39 is 0 Å². The Morgan fingerprint density at radius 2 is 2.06 bits per heavy atom. The number of ketones is 1. The Hall–Kier alpha value is -1.91. The predicted molar refractivity (Wildman–Crippen MR) is 61.0 cm³/mol. The average molecular weight is 237 g/mol. The molecule has 1 aromatic rings. The van der Waals surface area contributed by atoms with Crippen LogP contribution in [0.5, 0.6) is 5.88 Å². The lowest BCUT2D eigenvalue weighted by atomic mass is 10.1. The first-order valence-corrected chi connectivity index (χ1v) is 5.37. The second-order valence-electron chi connectivity index (χ2n) is 3.29. The van der Waals surface area contributed by atoms with Gasteiger partial charge in [0, 0.05) is 12.5 Å². The summed E-state index contributed by atoms with van der Waals surface area (Å²) in [4.78, 5) is 26.8. The molecule has 0 atom stereocenters. The van der Waals surface area contributed by atoms with Crippen LogP contribution in [0, 0.1) is 0 Å². The number of carbonyl (C=O) groups excluding carboxylic acids is 2. The Morgan fingerprint density at radius 3 is 2.71 bits per heavy atom. The van der Waals surface area contributed by atoms with Gasteiger partial charge in [-0.2, -0.15) is 0 Å². The molecule has 0 saturated carbocycles. The van der Waals surface area contributed by atoms with Crippen molar-refractivity contribution in [1.29, 1.82) is 0 Å². The SMILES string of the molecule is CCOC(=O)CCC(=O)c1cccc(OC)n1. The van der Waals surface area contributed by atoms with Gasteiger partial charge in [-0.05, 0) is 13.0 Å². The van der Waals surface area contributed by atoms with E-state index in [0.717, 1.165) is 0 Å². The molecule has 0 aliphatic carbocycles. The number of hydrogen-bond donors (Lipinski definition) is 0. The van der Waals surface area contributed by atoms with Crippen LogP contribution in [0.25, 0.3) is 0 Å². The van der Waals surface area contributed by atoms with Gasteiger partial charge < -0.3 is 9.47 Å². The number of methoxy groups -OCH3 is 1. The summed E-state index contributed by atoms with van der Waals surface area (Å²) < 4.78 is 9.65. The van der Waals surface area contributed by atoms with Gasteiger partial charge in [0.15, 0.2) is 5.78 Å². The lowest BCUT2D eigenvalue weighted by molar-refractivity contribution is -0.143. The minimum atomic E-state index is -0.372. The highest BCUT2D eigenvalue weighted by Crippen LogP contribution is 2.09. The van der Waals surface area contributed by atoms with Crippen molar-refractivity contribution in [2.75, 3.05) is 13.7 Å². The van der Waals surface area contributed by atoms with Gasteiger partial charge in [-0.1, -0.05) is 6.07 Å². The van der Waals surface area contributed by atoms with Crippen molar-refractivity contribution in [3.8, 4) is 5.88 Å². The highest BCUT2D eigenvalue weighted by atomic mass is 16.5. The third kappa shape index (κ3) is 4.22. The van der Waals surface area contributed by atoms with Crippen LogP contribution in [0.3, 0.4) is 0 Å². The van der Waals surface area contributed by atoms with Crippen LogP contribution in [0.4, 0.5) is 0 Å². The van der Waals surface area contributed by atoms with Gasteiger partial charge in [-0.15, -0.1) is 0 Å². The van der Waals surface area contributed by atoms with Crippen molar-refractivity contribution in [1.82, 2.24) is 4.98 Å². The standard InChI is InChI=1S/C12H15NO4/c1-3-17-12(15)8-7-10(14)9-5-4-6-11(13-9)16-2/h4-6H,3,7-8H2,1-2H3. The van der Waals surface area contributed by atoms with E-state index in [1.807, 2.05) is 0 Å². The smallest absolute Gasteiger partial charge is 0.306 e. The Kier molecular flexibility index (Phi) is 5.13. The van der Waals surface area contributed by atoms with E-state index in [2.05, 4.69) is 4.98 Å². The average Bonchev–Trinajstić information content (AvgIpc) is 2.36. The molecular formula is C12H15NO4. The summed E-state index contributed by atoms with van der Waals surface area (Å²) in [6.07, 6.45) is 0.171. The van der Waals surface area contributed by atoms with E-state index in [9.17, 15) is 9.59 Å². The largest absolute Gasteiger partial charge is 0.481 e. The maximum Gasteiger partial charge on any atom is 0.306 e. The fraction of sp³-hybridized carbons (Fsp3) is 0.417. The van der Waals surface area contributed by atoms with Gasteiger partial charge in [-0.25, -0.2) is 4.98 Å². The zero-order valence-corrected chi connectivity index (χ0v) is 9.93. The first-order chi connectivity index (χ1) is 8.17. The normalized spacial score (nSPS) is 9.76. The molecule has 0 aliphatic heterocycles. The molecule has 0 N–H and O–H groups in total. The topological polar surface area (TPSA) is 65.5 Å². The molecule has 92 valence electrons. The van der Waals surface area contributed by atoms with Gasteiger partial charge in [-0.3, -0.25) is 9.59 Å². The fourth-order valence-electron chi connectivity index (χ4n) is 1.26. The Balaban J connectivity index is 2.54. The molecule has 17 heavy (non-hydrogen) atoms. The summed E-state index contributed by atoms with van der Waals surface area (Å²) >= 11 is 0. The van der Waals surface area contributed by atoms with E-state index in [1.54, 1.807) is 25.1 Å². The number of rotatable bonds is 6. The summed E-state index contributed by atoms with van der Waals surface area (Å²) in [5, 5.41) is 0. The van der Waals surface area contributed by atoms with E-state index in [1.165, 1.54) is 7.11 Å². The number of ether oxygens (including phenoxy) is 2. The summed E-state index contributed by atoms with van der Waals surface area (Å²) in [6, 6.07) is 4.93. The number of aromatic nitrogens is 1. The maximum absolute atomic E-state index is 11.7. The lowest BCUT2D eigenvalue weighted by Crippen LogP contribution is -2.09. The van der Waals surface area contributed by atoms with Gasteiger partial charge in [0.05, 0.1) is 20.1 Å². The molecule has 0 unspecified atom stereocenters. The molecule has 0 amide bonds. The second kappa shape index (κ2) is 6.62. The predicted octanol–water partition coefficient (Wildman–Crippen LogP) is 1.62. The van der Waals surface area contributed by atoms with Crippen LogP contribution < -0.4 is 4.74 Å². The number of esters is 1. The molecular weight excluding hydrogens is 222 g/mol. The first kappa shape index (κ1) is 13.2. The van der Waals surface area contributed by atoms with E-state index in [-0.39, 0.29) is 24.6 Å². The summed E-state index contributed by atoms with van der Waals surface area (Å²) in [5.41, 5.74) is 0.300. The zero-order valence-electron chi connectivity index (χ0n) is 9.93. The molecule has 0 fully saturated rings. The van der Waals surface area contributed by atoms with Gasteiger partial charge in [0.2, 0.25) is 5.88 Å². The van der Waals surface area contributed by atoms with Gasteiger partial charge >= 0.3 is 5.97 Å². The highest BCUT2D eigenvalue weighted by molar-refractivity contribution is 5.95. The first-order valence-electron chi connectivity index (χ1n) is 5.37. The van der Waals surface area contributed by atoms with E-state index >= 15 is 0 Å². The molecule has 0 aliphatic rings. The van der Waals surface area contributed by atoms with Crippen LogP contribution in [0.15, 0.2) is 18.2 Å². The Labute approximate surface area is 99.8 Å². The number of Topliss-reactive ketones (excluding diaryl/α,β-unsaturated/α-hetero) is 1. The van der Waals surface area contributed by atoms with Crippen LogP contribution >= 0.6 is 0 Å². The van der Waals surface area contributed by atoms with Crippen molar-refractivity contribution in [3.05, 3.63) is 23.9 Å². The number of hydrogen-bond acceptors (Lipinski definition) is 5. The molecule has 5 nitrogen and oxygen atoms in total. The molecule has 1 heterocycles. The molecule has 1 aromatic heterocycles. The van der Waals surface area contributed by atoms with Crippen LogP contribution in [0.2, 0.25) is 0 Å². The fourth-order valence-corrected chi connectivity index (χ4v) is 1.26. The molecule has 0 aromatic carbocycles. The monoisotopic (exact) mass is 237 g/mol. The molecule has 0 saturated heterocycles. The molecule has 1 rings (SSSR count). The van der Waals surface area contributed by atoms with Crippen molar-refractivity contribution < 1.29 is 19.1 Å². The second-order valence-corrected chi connectivity index (χ2v) is 3.29.